The zero-order chi connectivity index (χ0) is 31.5. The third-order valence-corrected chi connectivity index (χ3v) is 8.01. The minimum atomic E-state index is -3.98. The molecule has 230 valence electrons. The fourth-order valence-electron chi connectivity index (χ4n) is 4.46. The van der Waals surface area contributed by atoms with Crippen LogP contribution in [0.2, 0.25) is 0 Å². The molecule has 2 aromatic rings. The summed E-state index contributed by atoms with van der Waals surface area (Å²) in [5.74, 6) is -3.41. The van der Waals surface area contributed by atoms with E-state index in [-0.39, 0.29) is 16.0 Å². The van der Waals surface area contributed by atoms with Gasteiger partial charge in [-0.2, -0.15) is 0 Å². The molecule has 1 aromatic carbocycles. The summed E-state index contributed by atoms with van der Waals surface area (Å²) in [7, 11) is -1.27. The Bertz CT molecular complexity index is 1500. The second-order valence-corrected chi connectivity index (χ2v) is 11.8. The predicted molar refractivity (Wildman–Crippen MR) is 145 cm³/mol. The van der Waals surface area contributed by atoms with Crippen molar-refractivity contribution in [2.24, 2.45) is 0 Å². The largest absolute Gasteiger partial charge is 0.463 e. The standard InChI is InChI=1S/C26H33N3O12S/c1-13(30)29-11-22(42(35,36)28(6)7)19-10-18(8-9-20(19)29)27-26-25(40-17(5)34)24(39-16(4)33)23(38-15(3)32)21(41-26)12-37-14(2)31/h8-11,21,23-27H,12H2,1-7H3/t21-,23-,24+,25-,26-/m1/s1. The van der Waals surface area contributed by atoms with Gasteiger partial charge in [0.25, 0.3) is 0 Å². The van der Waals surface area contributed by atoms with Gasteiger partial charge in [-0.05, 0) is 18.2 Å². The zero-order valence-electron chi connectivity index (χ0n) is 24.1. The molecule has 0 unspecified atom stereocenters. The molecule has 1 fully saturated rings. The number of rotatable bonds is 9. The van der Waals surface area contributed by atoms with Crippen molar-refractivity contribution in [3.63, 3.8) is 0 Å². The summed E-state index contributed by atoms with van der Waals surface area (Å²) in [4.78, 5) is 59.8. The van der Waals surface area contributed by atoms with Gasteiger partial charge in [0.1, 0.15) is 17.6 Å². The number of benzene rings is 1. The number of ether oxygens (including phenoxy) is 5. The minimum Gasteiger partial charge on any atom is -0.463 e. The average Bonchev–Trinajstić information content (AvgIpc) is 3.25. The van der Waals surface area contributed by atoms with Gasteiger partial charge < -0.3 is 29.0 Å². The Hall–Kier alpha value is -4.02. The first-order valence-corrected chi connectivity index (χ1v) is 14.1. The number of esters is 4. The van der Waals surface area contributed by atoms with Crippen molar-refractivity contribution in [1.29, 1.82) is 0 Å². The number of carbonyl (C=O) groups is 5. The van der Waals surface area contributed by atoms with Crippen LogP contribution in [0.15, 0.2) is 29.3 Å². The number of fused-ring (bicyclic) bond motifs is 1. The van der Waals surface area contributed by atoms with Crippen LogP contribution < -0.4 is 5.32 Å². The van der Waals surface area contributed by atoms with E-state index in [2.05, 4.69) is 5.32 Å². The van der Waals surface area contributed by atoms with Gasteiger partial charge in [-0.3, -0.25) is 28.5 Å². The maximum atomic E-state index is 13.1. The summed E-state index contributed by atoms with van der Waals surface area (Å²) in [5, 5.41) is 3.20. The number of hydrogen-bond donors (Lipinski definition) is 1. The topological polar surface area (TPSA) is 186 Å². The van der Waals surface area contributed by atoms with Crippen LogP contribution in [-0.4, -0.2) is 98.4 Å². The highest BCUT2D eigenvalue weighted by Gasteiger charge is 2.52. The first-order valence-electron chi connectivity index (χ1n) is 12.7. The van der Waals surface area contributed by atoms with E-state index < -0.39 is 77.1 Å². The van der Waals surface area contributed by atoms with E-state index in [0.717, 1.165) is 32.0 Å². The molecule has 5 atom stereocenters. The van der Waals surface area contributed by atoms with Crippen molar-refractivity contribution < 1.29 is 56.1 Å². The van der Waals surface area contributed by atoms with Crippen molar-refractivity contribution in [3.05, 3.63) is 24.4 Å². The molecular weight excluding hydrogens is 578 g/mol. The Balaban J connectivity index is 2.13. The molecule has 1 aliphatic heterocycles. The van der Waals surface area contributed by atoms with E-state index in [9.17, 15) is 32.4 Å². The highest BCUT2D eigenvalue weighted by Crippen LogP contribution is 2.33. The Labute approximate surface area is 242 Å². The van der Waals surface area contributed by atoms with Gasteiger partial charge in [0.2, 0.25) is 15.9 Å². The molecule has 1 aliphatic rings. The van der Waals surface area contributed by atoms with Gasteiger partial charge in [0, 0.05) is 66.0 Å². The van der Waals surface area contributed by atoms with Crippen molar-refractivity contribution in [3.8, 4) is 0 Å². The fraction of sp³-hybridized carbons (Fsp3) is 0.500. The lowest BCUT2D eigenvalue weighted by Gasteiger charge is -2.44. The third-order valence-electron chi connectivity index (χ3n) is 6.17. The number of hydrogen-bond acceptors (Lipinski definition) is 13. The molecular formula is C26H33N3O12S. The van der Waals surface area contributed by atoms with Gasteiger partial charge in [-0.25, -0.2) is 12.7 Å². The van der Waals surface area contributed by atoms with Gasteiger partial charge in [-0.15, -0.1) is 0 Å². The monoisotopic (exact) mass is 611 g/mol. The van der Waals surface area contributed by atoms with E-state index in [1.54, 1.807) is 0 Å². The fourth-order valence-corrected chi connectivity index (χ4v) is 5.53. The highest BCUT2D eigenvalue weighted by atomic mass is 32.2. The van der Waals surface area contributed by atoms with Gasteiger partial charge in [0.05, 0.1) is 5.52 Å². The lowest BCUT2D eigenvalue weighted by molar-refractivity contribution is -0.247. The molecule has 0 saturated carbocycles. The molecule has 1 N–H and O–H groups in total. The normalized spacial score (nSPS) is 22.3. The molecule has 0 bridgehead atoms. The Morgan fingerprint density at radius 1 is 0.881 bits per heavy atom. The van der Waals surface area contributed by atoms with Crippen LogP contribution in [0.25, 0.3) is 10.9 Å². The predicted octanol–water partition coefficient (Wildman–Crippen LogP) is 1.05. The summed E-state index contributed by atoms with van der Waals surface area (Å²) in [6, 6.07) is 4.50. The number of aromatic nitrogens is 1. The lowest BCUT2D eigenvalue weighted by Crippen LogP contribution is -2.64. The Morgan fingerprint density at radius 3 is 1.98 bits per heavy atom. The molecule has 1 saturated heterocycles. The summed E-state index contributed by atoms with van der Waals surface area (Å²) in [6.45, 7) is 5.36. The molecule has 2 heterocycles. The van der Waals surface area contributed by atoms with Crippen LogP contribution in [0.1, 0.15) is 39.4 Å². The van der Waals surface area contributed by atoms with Crippen molar-refractivity contribution in [1.82, 2.24) is 8.87 Å². The minimum absolute atomic E-state index is 0.136. The summed E-state index contributed by atoms with van der Waals surface area (Å²) in [5.41, 5.74) is 0.579. The summed E-state index contributed by atoms with van der Waals surface area (Å²) < 4.78 is 55.7. The van der Waals surface area contributed by atoms with Crippen molar-refractivity contribution >= 4 is 56.4 Å². The second-order valence-electron chi connectivity index (χ2n) is 9.67. The van der Waals surface area contributed by atoms with Crippen LogP contribution >= 0.6 is 0 Å². The average molecular weight is 612 g/mol. The lowest BCUT2D eigenvalue weighted by atomic mass is 9.97. The number of nitrogens with one attached hydrogen (secondary N) is 1. The number of carbonyl (C=O) groups excluding carboxylic acids is 5. The SMILES string of the molecule is CC(=O)OC[C@H]1O[C@@H](Nc2ccc3c(c2)c(S(=O)(=O)N(C)C)cn3C(C)=O)[C@H](OC(C)=O)[C@@H](OC(C)=O)[C@@H]1OC(C)=O. The van der Waals surface area contributed by atoms with Crippen LogP contribution in [0.3, 0.4) is 0 Å². The van der Waals surface area contributed by atoms with E-state index >= 15 is 0 Å². The van der Waals surface area contributed by atoms with Crippen LogP contribution in [-0.2, 0) is 52.9 Å². The van der Waals surface area contributed by atoms with Crippen molar-refractivity contribution in [2.75, 3.05) is 26.0 Å². The first kappa shape index (κ1) is 32.5. The van der Waals surface area contributed by atoms with Gasteiger partial charge >= 0.3 is 23.9 Å². The first-order chi connectivity index (χ1) is 19.5. The van der Waals surface area contributed by atoms with E-state index in [1.165, 1.54) is 50.0 Å². The smallest absolute Gasteiger partial charge is 0.303 e. The molecule has 16 heteroatoms. The van der Waals surface area contributed by atoms with Crippen LogP contribution in [0.5, 0.6) is 0 Å². The van der Waals surface area contributed by atoms with E-state index in [1.807, 2.05) is 0 Å². The quantitative estimate of drug-likeness (QED) is 0.313. The molecule has 15 nitrogen and oxygen atoms in total. The summed E-state index contributed by atoms with van der Waals surface area (Å²) in [6.07, 6.45) is -5.36. The van der Waals surface area contributed by atoms with Crippen molar-refractivity contribution in [2.45, 2.75) is 70.2 Å². The van der Waals surface area contributed by atoms with E-state index in [0.29, 0.717) is 5.52 Å². The second kappa shape index (κ2) is 12.9. The molecule has 0 radical (unpaired) electrons. The van der Waals surface area contributed by atoms with Gasteiger partial charge in [-0.1, -0.05) is 0 Å². The molecule has 42 heavy (non-hydrogen) atoms. The van der Waals surface area contributed by atoms with Crippen LogP contribution in [0, 0.1) is 0 Å². The summed E-state index contributed by atoms with van der Waals surface area (Å²) >= 11 is 0. The Kier molecular flexibility index (Phi) is 9.96. The number of nitrogens with zero attached hydrogens (tertiary/aromatic N) is 2. The molecule has 1 aromatic heterocycles. The van der Waals surface area contributed by atoms with Crippen LogP contribution in [0.4, 0.5) is 5.69 Å². The number of sulfonamides is 1. The maximum absolute atomic E-state index is 13.1. The third kappa shape index (κ3) is 7.24. The zero-order valence-corrected chi connectivity index (χ0v) is 24.9. The molecule has 3 rings (SSSR count). The Morgan fingerprint density at radius 2 is 1.45 bits per heavy atom. The molecule has 0 aliphatic carbocycles. The van der Waals surface area contributed by atoms with E-state index in [4.69, 9.17) is 23.7 Å². The molecule has 0 spiro atoms. The highest BCUT2D eigenvalue weighted by molar-refractivity contribution is 7.89. The maximum Gasteiger partial charge on any atom is 0.303 e. The van der Waals surface area contributed by atoms with Gasteiger partial charge in [0.15, 0.2) is 24.5 Å². The number of anilines is 1. The molecule has 0 amide bonds.